The van der Waals surface area contributed by atoms with Crippen LogP contribution in [0.15, 0.2) is 0 Å². The third-order valence-electron chi connectivity index (χ3n) is 4.19. The molecule has 5 nitrogen and oxygen atoms in total. The van der Waals surface area contributed by atoms with Crippen LogP contribution in [-0.2, 0) is 13.5 Å². The lowest BCUT2D eigenvalue weighted by molar-refractivity contribution is 0.390. The summed E-state index contributed by atoms with van der Waals surface area (Å²) in [5.74, 6) is 0.977. The maximum atomic E-state index is 6.37. The molecule has 0 radical (unpaired) electrons. The third kappa shape index (κ3) is 2.04. The first-order valence-corrected chi connectivity index (χ1v) is 7.72. The van der Waals surface area contributed by atoms with Gasteiger partial charge in [-0.1, -0.05) is 6.92 Å². The predicted molar refractivity (Wildman–Crippen MR) is 81.3 cm³/mol. The second-order valence-electron chi connectivity index (χ2n) is 5.76. The van der Waals surface area contributed by atoms with Crippen LogP contribution in [0.3, 0.4) is 0 Å². The molecule has 0 saturated carbocycles. The van der Waals surface area contributed by atoms with Gasteiger partial charge in [-0.05, 0) is 33.4 Å². The number of hydrogen-bond donors (Lipinski definition) is 0. The number of likely N-dealkylation sites (N-methyl/N-ethyl adjacent to an activating group) is 1. The van der Waals surface area contributed by atoms with Crippen molar-refractivity contribution in [2.24, 2.45) is 7.05 Å². The maximum absolute atomic E-state index is 6.37. The van der Waals surface area contributed by atoms with E-state index in [2.05, 4.69) is 28.5 Å². The number of imidazole rings is 1. The fraction of sp³-hybridized carbons (Fsp3) is 0.714. The number of nitrogens with zero attached hydrogens (tertiary/aromatic N) is 5. The van der Waals surface area contributed by atoms with Crippen molar-refractivity contribution in [3.05, 3.63) is 11.5 Å². The van der Waals surface area contributed by atoms with E-state index >= 15 is 0 Å². The summed E-state index contributed by atoms with van der Waals surface area (Å²) >= 11 is 6.37. The second kappa shape index (κ2) is 5.04. The Balaban J connectivity index is 2.21. The second-order valence-corrected chi connectivity index (χ2v) is 6.41. The van der Waals surface area contributed by atoms with Crippen LogP contribution in [-0.4, -0.2) is 44.4 Å². The number of hydrogen-bond acceptors (Lipinski definition) is 3. The Bertz CT molecular complexity index is 627. The van der Waals surface area contributed by atoms with Crippen LogP contribution in [0.25, 0.3) is 11.2 Å². The molecule has 0 spiro atoms. The first-order valence-electron chi connectivity index (χ1n) is 7.29. The molecule has 0 bridgehead atoms. The average Bonchev–Trinajstić information content (AvgIpc) is 3.04. The summed E-state index contributed by atoms with van der Waals surface area (Å²) in [5, 5.41) is 4.51. The molecule has 0 aliphatic carbocycles. The maximum Gasteiger partial charge on any atom is 0.159 e. The minimum Gasteiger partial charge on any atom is -0.307 e. The van der Waals surface area contributed by atoms with Crippen LogP contribution in [0.1, 0.15) is 43.2 Å². The Morgan fingerprint density at radius 3 is 2.70 bits per heavy atom. The highest BCUT2D eigenvalue weighted by Crippen LogP contribution is 2.33. The number of aromatic nitrogens is 4. The molecular weight excluding hydrogens is 274 g/mol. The van der Waals surface area contributed by atoms with Crippen molar-refractivity contribution in [3.8, 4) is 0 Å². The van der Waals surface area contributed by atoms with Gasteiger partial charge in [-0.15, -0.1) is 11.6 Å². The van der Waals surface area contributed by atoms with Crippen molar-refractivity contribution in [2.45, 2.75) is 38.1 Å². The number of alkyl halides is 1. The van der Waals surface area contributed by atoms with Crippen LogP contribution in [0.4, 0.5) is 0 Å². The van der Waals surface area contributed by atoms with Gasteiger partial charge in [0.05, 0.1) is 17.1 Å². The van der Waals surface area contributed by atoms with Gasteiger partial charge in [0.1, 0.15) is 11.3 Å². The summed E-state index contributed by atoms with van der Waals surface area (Å²) in [6.45, 7) is 6.29. The minimum atomic E-state index is -0.0852. The number of aryl methyl sites for hydroxylation is 2. The Labute approximate surface area is 124 Å². The molecule has 0 amide bonds. The lowest BCUT2D eigenvalue weighted by Crippen LogP contribution is -2.19. The van der Waals surface area contributed by atoms with E-state index in [9.17, 15) is 0 Å². The molecule has 2 atom stereocenters. The van der Waals surface area contributed by atoms with Crippen LogP contribution in [0.2, 0.25) is 0 Å². The van der Waals surface area contributed by atoms with E-state index in [-0.39, 0.29) is 5.38 Å². The van der Waals surface area contributed by atoms with Crippen LogP contribution < -0.4 is 0 Å². The highest BCUT2D eigenvalue weighted by molar-refractivity contribution is 6.20. The van der Waals surface area contributed by atoms with Crippen molar-refractivity contribution in [3.63, 3.8) is 0 Å². The molecule has 20 heavy (non-hydrogen) atoms. The molecule has 1 saturated heterocycles. The number of rotatable bonds is 3. The van der Waals surface area contributed by atoms with Gasteiger partial charge in [0.2, 0.25) is 0 Å². The number of fused-ring (bicyclic) bond motifs is 1. The Kier molecular flexibility index (Phi) is 3.50. The monoisotopic (exact) mass is 295 g/mol. The van der Waals surface area contributed by atoms with Crippen molar-refractivity contribution in [2.75, 3.05) is 20.1 Å². The molecule has 3 heterocycles. The zero-order valence-electron chi connectivity index (χ0n) is 12.6. The molecule has 0 aromatic carbocycles. The van der Waals surface area contributed by atoms with Crippen LogP contribution in [0.5, 0.6) is 0 Å². The van der Waals surface area contributed by atoms with E-state index in [1.165, 1.54) is 0 Å². The van der Waals surface area contributed by atoms with E-state index in [0.717, 1.165) is 48.6 Å². The molecule has 2 aromatic heterocycles. The first-order chi connectivity index (χ1) is 9.52. The molecule has 2 aromatic rings. The fourth-order valence-electron chi connectivity index (χ4n) is 3.22. The largest absolute Gasteiger partial charge is 0.307 e. The van der Waals surface area contributed by atoms with Crippen molar-refractivity contribution in [1.29, 1.82) is 0 Å². The Morgan fingerprint density at radius 1 is 1.40 bits per heavy atom. The highest BCUT2D eigenvalue weighted by Gasteiger charge is 2.29. The molecule has 2 unspecified atom stereocenters. The lowest BCUT2D eigenvalue weighted by atomic mass is 10.2. The summed E-state index contributed by atoms with van der Waals surface area (Å²) in [4.78, 5) is 7.16. The third-order valence-corrected chi connectivity index (χ3v) is 4.38. The lowest BCUT2D eigenvalue weighted by Gasteiger charge is -2.18. The zero-order chi connectivity index (χ0) is 14.4. The topological polar surface area (TPSA) is 38.9 Å². The summed E-state index contributed by atoms with van der Waals surface area (Å²) in [6, 6.07) is 0.446. The molecule has 6 heteroatoms. The Morgan fingerprint density at radius 2 is 2.15 bits per heavy atom. The first kappa shape index (κ1) is 13.9. The summed E-state index contributed by atoms with van der Waals surface area (Å²) in [6.07, 6.45) is 2.04. The molecule has 110 valence electrons. The molecule has 0 N–H and O–H groups in total. The molecular formula is C14H22ClN5. The zero-order valence-corrected chi connectivity index (χ0v) is 13.4. The van der Waals surface area contributed by atoms with Gasteiger partial charge in [0.15, 0.2) is 5.65 Å². The van der Waals surface area contributed by atoms with Gasteiger partial charge in [-0.3, -0.25) is 4.68 Å². The number of likely N-dealkylation sites (tertiary alicyclic amines) is 1. The quantitative estimate of drug-likeness (QED) is 0.817. The predicted octanol–water partition coefficient (Wildman–Crippen LogP) is 2.51. The summed E-state index contributed by atoms with van der Waals surface area (Å²) < 4.78 is 4.28. The van der Waals surface area contributed by atoms with E-state index in [1.54, 1.807) is 0 Å². The standard InChI is InChI=1S/C14H22ClN5/c1-5-11-12-14(19(4)17-11)20(13(16-12)9(2)15)10-6-7-18(3)8-10/h9-10H,5-8H2,1-4H3. The minimum absolute atomic E-state index is 0.0852. The van der Waals surface area contributed by atoms with E-state index in [0.29, 0.717) is 6.04 Å². The Hall–Kier alpha value is -1.07. The van der Waals surface area contributed by atoms with E-state index in [1.807, 2.05) is 18.7 Å². The van der Waals surface area contributed by atoms with Gasteiger partial charge in [0, 0.05) is 13.6 Å². The van der Waals surface area contributed by atoms with Crippen molar-refractivity contribution < 1.29 is 0 Å². The molecule has 1 aliphatic rings. The molecule has 1 aliphatic heterocycles. The SMILES string of the molecule is CCc1nn(C)c2c1nc(C(C)Cl)n2C1CCN(C)C1. The van der Waals surface area contributed by atoms with E-state index in [4.69, 9.17) is 16.6 Å². The average molecular weight is 296 g/mol. The van der Waals surface area contributed by atoms with Gasteiger partial charge >= 0.3 is 0 Å². The molecule has 1 fully saturated rings. The summed E-state index contributed by atoms with van der Waals surface area (Å²) in [5.41, 5.74) is 3.20. The van der Waals surface area contributed by atoms with Crippen molar-refractivity contribution >= 4 is 22.8 Å². The van der Waals surface area contributed by atoms with Crippen LogP contribution >= 0.6 is 11.6 Å². The van der Waals surface area contributed by atoms with Gasteiger partial charge in [-0.2, -0.15) is 5.10 Å². The van der Waals surface area contributed by atoms with Gasteiger partial charge in [0.25, 0.3) is 0 Å². The van der Waals surface area contributed by atoms with Gasteiger partial charge < -0.3 is 9.47 Å². The van der Waals surface area contributed by atoms with Gasteiger partial charge in [-0.25, -0.2) is 4.98 Å². The smallest absolute Gasteiger partial charge is 0.159 e. The van der Waals surface area contributed by atoms with Crippen LogP contribution in [0, 0.1) is 0 Å². The summed E-state index contributed by atoms with van der Waals surface area (Å²) in [7, 11) is 4.17. The van der Waals surface area contributed by atoms with Crippen molar-refractivity contribution in [1.82, 2.24) is 24.2 Å². The highest BCUT2D eigenvalue weighted by atomic mass is 35.5. The fourth-order valence-corrected chi connectivity index (χ4v) is 3.37. The van der Waals surface area contributed by atoms with E-state index < -0.39 is 0 Å². The normalized spacial score (nSPS) is 21.9. The number of halogens is 1. The molecule has 3 rings (SSSR count).